The van der Waals surface area contributed by atoms with Crippen LogP contribution in [0.4, 0.5) is 9.18 Å². The van der Waals surface area contributed by atoms with Crippen molar-refractivity contribution in [1.29, 1.82) is 0 Å². The molecule has 0 spiro atoms. The van der Waals surface area contributed by atoms with Crippen LogP contribution in [0.2, 0.25) is 0 Å². The Kier molecular flexibility index (Phi) is 4.95. The van der Waals surface area contributed by atoms with Gasteiger partial charge < -0.3 is 9.47 Å². The molecule has 2 atom stereocenters. The van der Waals surface area contributed by atoms with E-state index in [1.54, 1.807) is 17.0 Å². The third-order valence-corrected chi connectivity index (χ3v) is 6.79. The van der Waals surface area contributed by atoms with Gasteiger partial charge in [0, 0.05) is 5.92 Å². The van der Waals surface area contributed by atoms with Gasteiger partial charge in [0.05, 0.1) is 31.0 Å². The molecule has 33 heavy (non-hydrogen) atoms. The van der Waals surface area contributed by atoms with Crippen LogP contribution in [0.25, 0.3) is 16.7 Å². The van der Waals surface area contributed by atoms with Crippen LogP contribution >= 0.6 is 0 Å². The number of pyridine rings is 1. The third kappa shape index (κ3) is 3.51. The van der Waals surface area contributed by atoms with Crippen LogP contribution in [0.1, 0.15) is 29.2 Å². The Labute approximate surface area is 191 Å². The lowest BCUT2D eigenvalue weighted by Crippen LogP contribution is -2.56. The Balaban J connectivity index is 1.22. The zero-order valence-corrected chi connectivity index (χ0v) is 18.0. The number of benzene rings is 2. The second-order valence-electron chi connectivity index (χ2n) is 8.71. The van der Waals surface area contributed by atoms with Crippen LogP contribution in [0, 0.1) is 5.95 Å². The average Bonchev–Trinajstić information content (AvgIpc) is 3.15. The molecule has 2 aliphatic heterocycles. The molecular formula is C27H23FN2O3. The first-order valence-corrected chi connectivity index (χ1v) is 11.2. The summed E-state index contributed by atoms with van der Waals surface area (Å²) < 4.78 is 25.2. The molecule has 1 aromatic heterocycles. The van der Waals surface area contributed by atoms with E-state index in [1.807, 2.05) is 30.3 Å². The number of carbonyl (C=O) groups excluding carboxylic acids is 1. The van der Waals surface area contributed by atoms with E-state index in [1.165, 1.54) is 28.3 Å². The van der Waals surface area contributed by atoms with E-state index in [0.29, 0.717) is 25.3 Å². The number of halogens is 1. The number of nitrogens with zero attached hydrogens (tertiary/aromatic N) is 2. The van der Waals surface area contributed by atoms with E-state index < -0.39 is 5.95 Å². The summed E-state index contributed by atoms with van der Waals surface area (Å²) in [6, 6.07) is 21.0. The molecule has 3 aliphatic rings. The van der Waals surface area contributed by atoms with Crippen molar-refractivity contribution in [3.63, 3.8) is 0 Å². The molecule has 3 heterocycles. The van der Waals surface area contributed by atoms with Gasteiger partial charge in [0.25, 0.3) is 0 Å². The molecule has 3 aromatic rings. The highest BCUT2D eigenvalue weighted by Gasteiger charge is 2.40. The van der Waals surface area contributed by atoms with Crippen molar-refractivity contribution in [2.75, 3.05) is 19.8 Å². The molecule has 1 saturated heterocycles. The quantitative estimate of drug-likeness (QED) is 0.534. The van der Waals surface area contributed by atoms with Crippen molar-refractivity contribution >= 4 is 11.7 Å². The normalized spacial score (nSPS) is 21.2. The molecular weight excluding hydrogens is 419 g/mol. The lowest BCUT2D eigenvalue weighted by Gasteiger charge is -2.43. The highest BCUT2D eigenvalue weighted by atomic mass is 19.1. The fraction of sp³-hybridized carbons (Fsp3) is 0.259. The van der Waals surface area contributed by atoms with E-state index in [9.17, 15) is 9.18 Å². The predicted octanol–water partition coefficient (Wildman–Crippen LogP) is 5.03. The van der Waals surface area contributed by atoms with Crippen molar-refractivity contribution in [3.8, 4) is 11.1 Å². The second kappa shape index (κ2) is 8.12. The molecule has 1 amide bonds. The molecule has 5 nitrogen and oxygen atoms in total. The summed E-state index contributed by atoms with van der Waals surface area (Å²) in [7, 11) is 0. The largest absolute Gasteiger partial charge is 0.448 e. The monoisotopic (exact) mass is 442 g/mol. The van der Waals surface area contributed by atoms with Gasteiger partial charge in [0.15, 0.2) is 0 Å². The topological polar surface area (TPSA) is 51.7 Å². The van der Waals surface area contributed by atoms with Gasteiger partial charge in [0.2, 0.25) is 5.95 Å². The molecule has 6 rings (SSSR count). The molecule has 1 aliphatic carbocycles. The van der Waals surface area contributed by atoms with Gasteiger partial charge in [-0.3, -0.25) is 4.90 Å². The minimum absolute atomic E-state index is 0.0184. The van der Waals surface area contributed by atoms with Crippen LogP contribution in [0.3, 0.4) is 0 Å². The number of hydrogen-bond donors (Lipinski definition) is 0. The second-order valence-corrected chi connectivity index (χ2v) is 8.71. The fourth-order valence-corrected chi connectivity index (χ4v) is 5.33. The summed E-state index contributed by atoms with van der Waals surface area (Å²) in [6.07, 6.45) is 2.17. The number of rotatable bonds is 3. The Morgan fingerprint density at radius 2 is 1.73 bits per heavy atom. The molecule has 0 saturated carbocycles. The van der Waals surface area contributed by atoms with Crippen LogP contribution in [-0.2, 0) is 9.47 Å². The molecule has 6 heteroatoms. The van der Waals surface area contributed by atoms with Gasteiger partial charge in [0.1, 0.15) is 6.61 Å². The first-order chi connectivity index (χ1) is 16.2. The summed E-state index contributed by atoms with van der Waals surface area (Å²) in [4.78, 5) is 19.0. The van der Waals surface area contributed by atoms with E-state index in [-0.39, 0.29) is 30.7 Å². The van der Waals surface area contributed by atoms with E-state index in [2.05, 4.69) is 29.2 Å². The lowest BCUT2D eigenvalue weighted by atomic mass is 9.92. The summed E-state index contributed by atoms with van der Waals surface area (Å²) in [5.41, 5.74) is 6.33. The number of ether oxygens (including phenoxy) is 2. The summed E-state index contributed by atoms with van der Waals surface area (Å²) in [5, 5.41) is 0. The Morgan fingerprint density at radius 3 is 2.42 bits per heavy atom. The zero-order valence-electron chi connectivity index (χ0n) is 18.0. The van der Waals surface area contributed by atoms with E-state index in [4.69, 9.17) is 9.47 Å². The molecule has 166 valence electrons. The maximum atomic E-state index is 13.6. The van der Waals surface area contributed by atoms with Crippen molar-refractivity contribution < 1.29 is 18.7 Å². The van der Waals surface area contributed by atoms with E-state index >= 15 is 0 Å². The maximum absolute atomic E-state index is 13.6. The number of morpholine rings is 1. The van der Waals surface area contributed by atoms with Crippen molar-refractivity contribution in [1.82, 2.24) is 9.88 Å². The average molecular weight is 442 g/mol. The minimum atomic E-state index is -0.506. The summed E-state index contributed by atoms with van der Waals surface area (Å²) in [5.74, 6) is -0.487. The summed E-state index contributed by atoms with van der Waals surface area (Å²) >= 11 is 0. The highest BCUT2D eigenvalue weighted by molar-refractivity contribution is 5.79. The summed E-state index contributed by atoms with van der Waals surface area (Å²) in [6.45, 7) is 1.10. The molecule has 2 aromatic carbocycles. The number of amides is 1. The predicted molar refractivity (Wildman–Crippen MR) is 122 cm³/mol. The Morgan fingerprint density at radius 1 is 1.00 bits per heavy atom. The van der Waals surface area contributed by atoms with E-state index in [0.717, 1.165) is 5.57 Å². The van der Waals surface area contributed by atoms with Crippen LogP contribution < -0.4 is 0 Å². The molecule has 0 N–H and O–H groups in total. The fourth-order valence-electron chi connectivity index (χ4n) is 5.33. The SMILES string of the molecule is O=C(OCC1c2ccccc2-c2ccccc21)N1C2C=C(c3cccc(F)n3)CC1COC2. The Bertz CT molecular complexity index is 1210. The maximum Gasteiger partial charge on any atom is 0.410 e. The highest BCUT2D eigenvalue weighted by Crippen LogP contribution is 2.44. The van der Waals surface area contributed by atoms with Crippen LogP contribution in [0.15, 0.2) is 72.8 Å². The van der Waals surface area contributed by atoms with Gasteiger partial charge in [-0.2, -0.15) is 4.39 Å². The van der Waals surface area contributed by atoms with Crippen LogP contribution in [0.5, 0.6) is 0 Å². The minimum Gasteiger partial charge on any atom is -0.448 e. The van der Waals surface area contributed by atoms with Crippen molar-refractivity contribution in [2.24, 2.45) is 0 Å². The van der Waals surface area contributed by atoms with Crippen LogP contribution in [-0.4, -0.2) is 47.9 Å². The van der Waals surface area contributed by atoms with Gasteiger partial charge in [-0.05, 0) is 46.4 Å². The zero-order chi connectivity index (χ0) is 22.4. The molecule has 1 fully saturated rings. The standard InChI is InChI=1S/C27H23FN2O3/c28-26-11-5-10-25(29-26)17-12-18-14-32-15-19(13-17)30(18)27(31)33-16-24-22-8-3-1-6-20(22)21-7-2-4-9-23(21)24/h1-12,18-19,24H,13-16H2. The smallest absolute Gasteiger partial charge is 0.410 e. The molecule has 2 bridgehead atoms. The number of carbonyl (C=O) groups is 1. The Hall–Kier alpha value is -3.51. The molecule has 2 unspecified atom stereocenters. The number of aromatic nitrogens is 1. The first kappa shape index (κ1) is 20.1. The van der Waals surface area contributed by atoms with Crippen molar-refractivity contribution in [2.45, 2.75) is 24.4 Å². The van der Waals surface area contributed by atoms with Gasteiger partial charge in [-0.1, -0.05) is 60.7 Å². The van der Waals surface area contributed by atoms with Gasteiger partial charge in [-0.25, -0.2) is 9.78 Å². The van der Waals surface area contributed by atoms with Crippen molar-refractivity contribution in [3.05, 3.63) is 95.6 Å². The first-order valence-electron chi connectivity index (χ1n) is 11.2. The number of fused-ring (bicyclic) bond motifs is 5. The number of hydrogen-bond acceptors (Lipinski definition) is 4. The lowest BCUT2D eigenvalue weighted by molar-refractivity contribution is -0.0332. The molecule has 0 radical (unpaired) electrons. The van der Waals surface area contributed by atoms with Gasteiger partial charge in [-0.15, -0.1) is 0 Å². The third-order valence-electron chi connectivity index (χ3n) is 6.79. The van der Waals surface area contributed by atoms with Gasteiger partial charge >= 0.3 is 6.09 Å².